The number of nitrogens with one attached hydrogen (secondary N) is 1. The maximum Gasteiger partial charge on any atom is 0.259 e. The van der Waals surface area contributed by atoms with Gasteiger partial charge in [-0.25, -0.2) is 13.8 Å². The van der Waals surface area contributed by atoms with Crippen molar-refractivity contribution in [1.29, 1.82) is 0 Å². The molecule has 1 aromatic carbocycles. The molecule has 2 heterocycles. The van der Waals surface area contributed by atoms with Crippen LogP contribution >= 0.6 is 11.3 Å². The largest absolute Gasteiger partial charge is 0.309 e. The molecule has 2 aromatic heterocycles. The second-order valence-corrected chi connectivity index (χ2v) is 7.64. The SMILES string of the molecule is CCN(Cc1nc2sc3c(c2c(=O)[nH]1)CCC3)Cc1c(F)cccc1F. The lowest BCUT2D eigenvalue weighted by atomic mass is 10.2. The molecular weight excluding hydrogens is 356 g/mol. The molecule has 4 nitrogen and oxygen atoms in total. The molecule has 0 atom stereocenters. The van der Waals surface area contributed by atoms with Crippen LogP contribution in [0.5, 0.6) is 0 Å². The molecule has 0 spiro atoms. The van der Waals surface area contributed by atoms with Crippen molar-refractivity contribution < 1.29 is 8.78 Å². The summed E-state index contributed by atoms with van der Waals surface area (Å²) in [5, 5.41) is 0.717. The third kappa shape index (κ3) is 3.05. The Morgan fingerprint density at radius 3 is 2.73 bits per heavy atom. The van der Waals surface area contributed by atoms with Gasteiger partial charge >= 0.3 is 0 Å². The van der Waals surface area contributed by atoms with Gasteiger partial charge in [0.05, 0.1) is 11.9 Å². The molecule has 0 fully saturated rings. The van der Waals surface area contributed by atoms with E-state index in [0.717, 1.165) is 35.0 Å². The second kappa shape index (κ2) is 6.89. The first kappa shape index (κ1) is 17.3. The maximum atomic E-state index is 13.9. The molecule has 26 heavy (non-hydrogen) atoms. The minimum atomic E-state index is -0.560. The molecule has 0 aliphatic heterocycles. The van der Waals surface area contributed by atoms with Crippen molar-refractivity contribution >= 4 is 21.6 Å². The van der Waals surface area contributed by atoms with Crippen LogP contribution in [0.2, 0.25) is 0 Å². The first-order chi connectivity index (χ1) is 12.6. The normalized spacial score (nSPS) is 13.7. The number of hydrogen-bond donors (Lipinski definition) is 1. The molecule has 4 rings (SSSR count). The minimum absolute atomic E-state index is 0.0351. The lowest BCUT2D eigenvalue weighted by molar-refractivity contribution is 0.256. The smallest absolute Gasteiger partial charge is 0.259 e. The van der Waals surface area contributed by atoms with Crippen molar-refractivity contribution in [3.05, 3.63) is 62.0 Å². The Morgan fingerprint density at radius 1 is 1.23 bits per heavy atom. The highest BCUT2D eigenvalue weighted by Crippen LogP contribution is 2.34. The van der Waals surface area contributed by atoms with Crippen molar-refractivity contribution in [2.45, 2.75) is 39.3 Å². The van der Waals surface area contributed by atoms with Gasteiger partial charge in [-0.15, -0.1) is 11.3 Å². The summed E-state index contributed by atoms with van der Waals surface area (Å²) in [5.41, 5.74) is 1.07. The number of aromatic nitrogens is 2. The molecule has 0 radical (unpaired) electrons. The second-order valence-electron chi connectivity index (χ2n) is 6.55. The summed E-state index contributed by atoms with van der Waals surface area (Å²) in [6.07, 6.45) is 3.04. The Morgan fingerprint density at radius 2 is 2.00 bits per heavy atom. The van der Waals surface area contributed by atoms with Crippen molar-refractivity contribution in [2.75, 3.05) is 6.54 Å². The van der Waals surface area contributed by atoms with Crippen LogP contribution in [-0.2, 0) is 25.9 Å². The quantitative estimate of drug-likeness (QED) is 0.738. The molecule has 1 aliphatic carbocycles. The van der Waals surface area contributed by atoms with Crippen LogP contribution in [0.1, 0.15) is 35.2 Å². The van der Waals surface area contributed by atoms with Crippen LogP contribution in [0.4, 0.5) is 8.78 Å². The summed E-state index contributed by atoms with van der Waals surface area (Å²) >= 11 is 1.59. The number of hydrogen-bond acceptors (Lipinski definition) is 4. The van der Waals surface area contributed by atoms with E-state index in [2.05, 4.69) is 9.97 Å². The van der Waals surface area contributed by atoms with Gasteiger partial charge in [-0.2, -0.15) is 0 Å². The molecule has 0 amide bonds. The zero-order valence-electron chi connectivity index (χ0n) is 14.4. The number of H-pyrrole nitrogens is 1. The molecule has 136 valence electrons. The summed E-state index contributed by atoms with van der Waals surface area (Å²) in [6, 6.07) is 3.87. The van der Waals surface area contributed by atoms with Gasteiger partial charge in [0, 0.05) is 17.0 Å². The van der Waals surface area contributed by atoms with E-state index >= 15 is 0 Å². The Balaban J connectivity index is 1.62. The van der Waals surface area contributed by atoms with Gasteiger partial charge in [0.25, 0.3) is 5.56 Å². The topological polar surface area (TPSA) is 49.0 Å². The molecule has 0 saturated heterocycles. The van der Waals surface area contributed by atoms with Gasteiger partial charge in [-0.3, -0.25) is 9.69 Å². The third-order valence-electron chi connectivity index (χ3n) is 4.89. The number of halogens is 2. The van der Waals surface area contributed by atoms with Crippen molar-refractivity contribution in [3.63, 3.8) is 0 Å². The zero-order chi connectivity index (χ0) is 18.3. The summed E-state index contributed by atoms with van der Waals surface area (Å²) in [6.45, 7) is 2.95. The van der Waals surface area contributed by atoms with E-state index in [1.165, 1.54) is 23.1 Å². The summed E-state index contributed by atoms with van der Waals surface area (Å²) in [5.74, 6) is -0.592. The first-order valence-electron chi connectivity index (χ1n) is 8.75. The molecule has 3 aromatic rings. The van der Waals surface area contributed by atoms with Crippen molar-refractivity contribution in [1.82, 2.24) is 14.9 Å². The Hall–Kier alpha value is -2.12. The van der Waals surface area contributed by atoms with Crippen LogP contribution in [0.3, 0.4) is 0 Å². The number of aromatic amines is 1. The lowest BCUT2D eigenvalue weighted by Gasteiger charge is -2.20. The maximum absolute atomic E-state index is 13.9. The molecule has 1 aliphatic rings. The fourth-order valence-electron chi connectivity index (χ4n) is 3.52. The molecule has 1 N–H and O–H groups in total. The van der Waals surface area contributed by atoms with E-state index in [4.69, 9.17) is 0 Å². The predicted octanol–water partition coefficient (Wildman–Crippen LogP) is 3.77. The van der Waals surface area contributed by atoms with E-state index in [9.17, 15) is 13.6 Å². The average molecular weight is 375 g/mol. The van der Waals surface area contributed by atoms with Crippen LogP contribution in [0, 0.1) is 11.6 Å². The average Bonchev–Trinajstić information content (AvgIpc) is 3.17. The standard InChI is InChI=1S/C19H19F2N3OS/c1-2-24(9-12-13(20)6-4-7-14(12)21)10-16-22-18(25)17-11-5-3-8-15(11)26-19(17)23-16/h4,6-7H,2-3,5,8-10H2,1H3,(H,22,23,25). The van der Waals surface area contributed by atoms with Crippen LogP contribution in [0.25, 0.3) is 10.2 Å². The van der Waals surface area contributed by atoms with E-state index in [-0.39, 0.29) is 17.7 Å². The van der Waals surface area contributed by atoms with E-state index in [1.54, 1.807) is 11.3 Å². The minimum Gasteiger partial charge on any atom is -0.309 e. The van der Waals surface area contributed by atoms with Gasteiger partial charge < -0.3 is 4.98 Å². The van der Waals surface area contributed by atoms with E-state index in [1.807, 2.05) is 11.8 Å². The Kier molecular flexibility index (Phi) is 4.58. The number of fused-ring (bicyclic) bond motifs is 3. The number of benzene rings is 1. The number of aryl methyl sites for hydroxylation is 2. The highest BCUT2D eigenvalue weighted by molar-refractivity contribution is 7.18. The van der Waals surface area contributed by atoms with Crippen LogP contribution in [0.15, 0.2) is 23.0 Å². The van der Waals surface area contributed by atoms with Crippen molar-refractivity contribution in [2.24, 2.45) is 0 Å². The number of thiophene rings is 1. The number of rotatable bonds is 5. The van der Waals surface area contributed by atoms with Gasteiger partial charge in [-0.1, -0.05) is 13.0 Å². The molecule has 7 heteroatoms. The molecule has 0 bridgehead atoms. The Labute approximate surface area is 153 Å². The van der Waals surface area contributed by atoms with Crippen molar-refractivity contribution in [3.8, 4) is 0 Å². The van der Waals surface area contributed by atoms with Gasteiger partial charge in [0.15, 0.2) is 0 Å². The lowest BCUT2D eigenvalue weighted by Crippen LogP contribution is -2.26. The highest BCUT2D eigenvalue weighted by atomic mass is 32.1. The monoisotopic (exact) mass is 375 g/mol. The molecular formula is C19H19F2N3OS. The third-order valence-corrected chi connectivity index (χ3v) is 6.07. The first-order valence-corrected chi connectivity index (χ1v) is 9.57. The van der Waals surface area contributed by atoms with Crippen LogP contribution < -0.4 is 5.56 Å². The Bertz CT molecular complexity index is 1010. The molecule has 0 saturated carbocycles. The van der Waals surface area contributed by atoms with E-state index < -0.39 is 11.6 Å². The fraction of sp³-hybridized carbons (Fsp3) is 0.368. The van der Waals surface area contributed by atoms with Crippen LogP contribution in [-0.4, -0.2) is 21.4 Å². The highest BCUT2D eigenvalue weighted by Gasteiger charge is 2.21. The zero-order valence-corrected chi connectivity index (χ0v) is 15.3. The van der Waals surface area contributed by atoms with Gasteiger partial charge in [0.2, 0.25) is 0 Å². The predicted molar refractivity (Wildman–Crippen MR) is 98.4 cm³/mol. The van der Waals surface area contributed by atoms with E-state index in [0.29, 0.717) is 18.9 Å². The van der Waals surface area contributed by atoms with Gasteiger partial charge in [0.1, 0.15) is 22.3 Å². The summed E-state index contributed by atoms with van der Waals surface area (Å²) < 4.78 is 27.8. The summed E-state index contributed by atoms with van der Waals surface area (Å²) in [7, 11) is 0. The fourth-order valence-corrected chi connectivity index (χ4v) is 4.80. The number of nitrogens with zero attached hydrogens (tertiary/aromatic N) is 2. The molecule has 0 unspecified atom stereocenters. The van der Waals surface area contributed by atoms with Gasteiger partial charge in [-0.05, 0) is 43.5 Å². The summed E-state index contributed by atoms with van der Waals surface area (Å²) in [4.78, 5) is 23.9.